The van der Waals surface area contributed by atoms with E-state index in [1.807, 2.05) is 0 Å². The minimum absolute atomic E-state index is 0.125. The van der Waals surface area contributed by atoms with Crippen molar-refractivity contribution >= 4 is 23.6 Å². The normalized spacial score (nSPS) is 15.3. The Morgan fingerprint density at radius 2 is 2.09 bits per heavy atom. The van der Waals surface area contributed by atoms with Crippen LogP contribution in [0.5, 0.6) is 0 Å². The molecule has 1 aliphatic carbocycles. The summed E-state index contributed by atoms with van der Waals surface area (Å²) in [5, 5.41) is 8.57. The number of carbonyl (C=O) groups excluding carboxylic acids is 1. The van der Waals surface area contributed by atoms with Crippen LogP contribution in [0.4, 0.5) is 13.2 Å². The molecule has 0 aliphatic heterocycles. The van der Waals surface area contributed by atoms with Gasteiger partial charge in [0.1, 0.15) is 0 Å². The van der Waals surface area contributed by atoms with Gasteiger partial charge in [0.15, 0.2) is 0 Å². The summed E-state index contributed by atoms with van der Waals surface area (Å²) in [6.07, 6.45) is -0.225. The molecule has 0 saturated heterocycles. The number of alkyl halides is 3. The predicted octanol–water partition coefficient (Wildman–Crippen LogP) is 3.36. The number of halogens is 4. The molecule has 0 spiro atoms. The maximum Gasteiger partial charge on any atom is 0.417 e. The Kier molecular flexibility index (Phi) is 5.13. The summed E-state index contributed by atoms with van der Waals surface area (Å²) in [4.78, 5) is 13.5. The maximum absolute atomic E-state index is 12.8. The third-order valence-electron chi connectivity index (χ3n) is 3.33. The first-order valence-electron chi connectivity index (χ1n) is 6.79. The fourth-order valence-electron chi connectivity index (χ4n) is 2.09. The van der Waals surface area contributed by atoms with E-state index in [4.69, 9.17) is 16.7 Å². The van der Waals surface area contributed by atoms with Crippen molar-refractivity contribution < 1.29 is 23.1 Å². The van der Waals surface area contributed by atoms with Crippen LogP contribution in [-0.4, -0.2) is 35.1 Å². The van der Waals surface area contributed by atoms with Crippen molar-refractivity contribution in [2.45, 2.75) is 25.1 Å². The van der Waals surface area contributed by atoms with Crippen molar-refractivity contribution in [1.82, 2.24) is 4.90 Å². The van der Waals surface area contributed by atoms with E-state index in [9.17, 15) is 18.0 Å². The summed E-state index contributed by atoms with van der Waals surface area (Å²) >= 11 is 5.54. The number of carbonyl (C=O) groups is 1. The van der Waals surface area contributed by atoms with Crippen LogP contribution in [0.1, 0.15) is 24.0 Å². The number of amides is 1. The van der Waals surface area contributed by atoms with Crippen molar-refractivity contribution in [2.24, 2.45) is 0 Å². The average molecular weight is 334 g/mol. The minimum atomic E-state index is -4.54. The third kappa shape index (κ3) is 4.24. The topological polar surface area (TPSA) is 40.5 Å². The van der Waals surface area contributed by atoms with Crippen LogP contribution < -0.4 is 0 Å². The van der Waals surface area contributed by atoms with Crippen molar-refractivity contribution in [3.05, 3.63) is 40.4 Å². The Balaban J connectivity index is 2.14. The van der Waals surface area contributed by atoms with Gasteiger partial charge < -0.3 is 10.0 Å². The Labute approximate surface area is 131 Å². The molecule has 1 aliphatic rings. The highest BCUT2D eigenvalue weighted by atomic mass is 35.5. The molecule has 0 aromatic heterocycles. The van der Waals surface area contributed by atoms with Gasteiger partial charge in [0, 0.05) is 18.7 Å². The molecule has 0 radical (unpaired) electrons. The Bertz CT molecular complexity index is 583. The van der Waals surface area contributed by atoms with Gasteiger partial charge >= 0.3 is 6.18 Å². The molecule has 1 N–H and O–H groups in total. The standard InChI is InChI=1S/C15H15ClF3NO2/c16-13-5-1-10(9-12(13)15(17,18)19)2-6-14(22)20(7-8-21)11-3-4-11/h1-2,5-6,9,11,21H,3-4,7-8H2/b6-2+. The lowest BCUT2D eigenvalue weighted by molar-refractivity contribution is -0.137. The highest BCUT2D eigenvalue weighted by Crippen LogP contribution is 2.35. The predicted molar refractivity (Wildman–Crippen MR) is 77.3 cm³/mol. The van der Waals surface area contributed by atoms with Crippen LogP contribution >= 0.6 is 11.6 Å². The van der Waals surface area contributed by atoms with E-state index >= 15 is 0 Å². The van der Waals surface area contributed by atoms with Crippen molar-refractivity contribution in [3.8, 4) is 0 Å². The fraction of sp³-hybridized carbons (Fsp3) is 0.400. The summed E-state index contributed by atoms with van der Waals surface area (Å²) < 4.78 is 38.3. The quantitative estimate of drug-likeness (QED) is 0.839. The van der Waals surface area contributed by atoms with E-state index in [0.717, 1.165) is 25.0 Å². The lowest BCUT2D eigenvalue weighted by Crippen LogP contribution is -2.34. The summed E-state index contributed by atoms with van der Waals surface area (Å²) in [7, 11) is 0. The number of hydrogen-bond acceptors (Lipinski definition) is 2. The van der Waals surface area contributed by atoms with Gasteiger partial charge in [-0.15, -0.1) is 0 Å². The number of nitrogens with zero attached hydrogens (tertiary/aromatic N) is 1. The van der Waals surface area contributed by atoms with Gasteiger partial charge in [0.05, 0.1) is 17.2 Å². The van der Waals surface area contributed by atoms with Gasteiger partial charge in [-0.2, -0.15) is 13.2 Å². The summed E-state index contributed by atoms with van der Waals surface area (Å²) in [6, 6.07) is 3.59. The van der Waals surface area contributed by atoms with Gasteiger partial charge in [-0.25, -0.2) is 0 Å². The Morgan fingerprint density at radius 3 is 2.64 bits per heavy atom. The van der Waals surface area contributed by atoms with Gasteiger partial charge in [0.25, 0.3) is 0 Å². The zero-order valence-corrected chi connectivity index (χ0v) is 12.4. The molecule has 1 amide bonds. The van der Waals surface area contributed by atoms with Gasteiger partial charge in [-0.05, 0) is 36.6 Å². The maximum atomic E-state index is 12.8. The van der Waals surface area contributed by atoms with E-state index in [2.05, 4.69) is 0 Å². The van der Waals surface area contributed by atoms with Crippen LogP contribution in [0.2, 0.25) is 5.02 Å². The van der Waals surface area contributed by atoms with Gasteiger partial charge in [0.2, 0.25) is 5.91 Å². The highest BCUT2D eigenvalue weighted by molar-refractivity contribution is 6.31. The zero-order valence-electron chi connectivity index (χ0n) is 11.6. The van der Waals surface area contributed by atoms with Crippen LogP contribution in [0.3, 0.4) is 0 Å². The SMILES string of the molecule is O=C(/C=C/c1ccc(Cl)c(C(F)(F)F)c1)N(CCO)C1CC1. The average Bonchev–Trinajstić information content (AvgIpc) is 3.26. The number of benzene rings is 1. The molecule has 120 valence electrons. The molecule has 1 fully saturated rings. The van der Waals surface area contributed by atoms with Crippen molar-refractivity contribution in [3.63, 3.8) is 0 Å². The van der Waals surface area contributed by atoms with E-state index < -0.39 is 11.7 Å². The second-order valence-corrected chi connectivity index (χ2v) is 5.46. The zero-order chi connectivity index (χ0) is 16.3. The van der Waals surface area contributed by atoms with Crippen LogP contribution in [0.15, 0.2) is 24.3 Å². The Morgan fingerprint density at radius 1 is 1.41 bits per heavy atom. The molecular formula is C15H15ClF3NO2. The highest BCUT2D eigenvalue weighted by Gasteiger charge is 2.33. The van der Waals surface area contributed by atoms with E-state index in [1.54, 1.807) is 0 Å². The molecule has 0 heterocycles. The van der Waals surface area contributed by atoms with E-state index in [1.165, 1.54) is 23.1 Å². The van der Waals surface area contributed by atoms with Gasteiger partial charge in [-0.1, -0.05) is 17.7 Å². The summed E-state index contributed by atoms with van der Waals surface area (Å²) in [5.41, 5.74) is -0.692. The molecule has 1 saturated carbocycles. The van der Waals surface area contributed by atoms with Gasteiger partial charge in [-0.3, -0.25) is 4.79 Å². The van der Waals surface area contributed by atoms with Crippen LogP contribution in [0.25, 0.3) is 6.08 Å². The van der Waals surface area contributed by atoms with Crippen LogP contribution in [0, 0.1) is 0 Å². The van der Waals surface area contributed by atoms with Crippen molar-refractivity contribution in [1.29, 1.82) is 0 Å². The fourth-order valence-corrected chi connectivity index (χ4v) is 2.32. The van der Waals surface area contributed by atoms with E-state index in [0.29, 0.717) is 0 Å². The lowest BCUT2D eigenvalue weighted by atomic mass is 10.1. The molecule has 0 atom stereocenters. The molecule has 22 heavy (non-hydrogen) atoms. The molecular weight excluding hydrogens is 319 g/mol. The first kappa shape index (κ1) is 16.8. The monoisotopic (exact) mass is 333 g/mol. The molecule has 2 rings (SSSR count). The Hall–Kier alpha value is -1.53. The molecule has 0 bridgehead atoms. The summed E-state index contributed by atoms with van der Waals surface area (Å²) in [5.74, 6) is -0.319. The number of hydrogen-bond donors (Lipinski definition) is 1. The molecule has 3 nitrogen and oxygen atoms in total. The second kappa shape index (κ2) is 6.71. The second-order valence-electron chi connectivity index (χ2n) is 5.06. The molecule has 0 unspecified atom stereocenters. The summed E-state index contributed by atoms with van der Waals surface area (Å²) in [6.45, 7) is 0.0809. The first-order valence-corrected chi connectivity index (χ1v) is 7.17. The largest absolute Gasteiger partial charge is 0.417 e. The lowest BCUT2D eigenvalue weighted by Gasteiger charge is -2.19. The first-order chi connectivity index (χ1) is 10.3. The van der Waals surface area contributed by atoms with Crippen LogP contribution in [-0.2, 0) is 11.0 Å². The molecule has 1 aromatic carbocycles. The molecule has 1 aromatic rings. The minimum Gasteiger partial charge on any atom is -0.395 e. The smallest absolute Gasteiger partial charge is 0.395 e. The number of aliphatic hydroxyl groups excluding tert-OH is 1. The van der Waals surface area contributed by atoms with Crippen molar-refractivity contribution in [2.75, 3.05) is 13.2 Å². The van der Waals surface area contributed by atoms with E-state index in [-0.39, 0.29) is 35.7 Å². The third-order valence-corrected chi connectivity index (χ3v) is 3.66. The molecule has 7 heteroatoms. The number of rotatable bonds is 5. The number of aliphatic hydroxyl groups is 1.